The van der Waals surface area contributed by atoms with Crippen molar-refractivity contribution in [3.8, 4) is 0 Å². The Morgan fingerprint density at radius 3 is 2.44 bits per heavy atom. The van der Waals surface area contributed by atoms with Gasteiger partial charge in [-0.1, -0.05) is 33.6 Å². The molecule has 1 unspecified atom stereocenters. The first-order valence-electron chi connectivity index (χ1n) is 6.94. The minimum atomic E-state index is 0.181. The van der Waals surface area contributed by atoms with Crippen molar-refractivity contribution in [3.05, 3.63) is 17.6 Å². The number of rotatable bonds is 7. The summed E-state index contributed by atoms with van der Waals surface area (Å²) in [5.41, 5.74) is 7.26. The number of aromatic nitrogens is 2. The standard InChI is InChI=1S/C14H26N4/c1-5-11(6-2)13(15)9-16-14-8-12(7-3)17-10(4)18-14/h8,11,13H,5-7,9,15H2,1-4H3,(H,16,17,18). The molecule has 0 spiro atoms. The van der Waals surface area contributed by atoms with Gasteiger partial charge in [0.25, 0.3) is 0 Å². The maximum absolute atomic E-state index is 6.19. The van der Waals surface area contributed by atoms with Crippen LogP contribution >= 0.6 is 0 Å². The molecule has 0 aromatic carbocycles. The fraction of sp³-hybridized carbons (Fsp3) is 0.714. The van der Waals surface area contributed by atoms with E-state index >= 15 is 0 Å². The third-order valence-corrected chi connectivity index (χ3v) is 3.43. The van der Waals surface area contributed by atoms with Crippen molar-refractivity contribution in [1.29, 1.82) is 0 Å². The summed E-state index contributed by atoms with van der Waals surface area (Å²) in [5.74, 6) is 2.28. The Bertz CT molecular complexity index is 361. The molecule has 4 nitrogen and oxygen atoms in total. The molecule has 0 bridgehead atoms. The summed E-state index contributed by atoms with van der Waals surface area (Å²) >= 11 is 0. The number of nitrogens with zero attached hydrogens (tertiary/aromatic N) is 2. The highest BCUT2D eigenvalue weighted by Gasteiger charge is 2.13. The molecule has 3 N–H and O–H groups in total. The lowest BCUT2D eigenvalue weighted by atomic mass is 9.95. The van der Waals surface area contributed by atoms with Crippen LogP contribution in [0.4, 0.5) is 5.82 Å². The molecule has 1 atom stereocenters. The number of nitrogens with two attached hydrogens (primary N) is 1. The summed E-state index contributed by atoms with van der Waals surface area (Å²) < 4.78 is 0. The molecule has 0 saturated heterocycles. The number of hydrogen-bond donors (Lipinski definition) is 2. The molecular formula is C14H26N4. The van der Waals surface area contributed by atoms with Crippen LogP contribution < -0.4 is 11.1 Å². The molecule has 0 radical (unpaired) electrons. The normalized spacial score (nSPS) is 12.8. The monoisotopic (exact) mass is 250 g/mol. The van der Waals surface area contributed by atoms with Gasteiger partial charge in [0.2, 0.25) is 0 Å². The average molecular weight is 250 g/mol. The van der Waals surface area contributed by atoms with Crippen LogP contribution in [0.2, 0.25) is 0 Å². The largest absolute Gasteiger partial charge is 0.368 e. The minimum Gasteiger partial charge on any atom is -0.368 e. The van der Waals surface area contributed by atoms with Crippen molar-refractivity contribution in [3.63, 3.8) is 0 Å². The summed E-state index contributed by atoms with van der Waals surface area (Å²) in [7, 11) is 0. The molecule has 1 aromatic heterocycles. The van der Waals surface area contributed by atoms with Crippen LogP contribution in [0.5, 0.6) is 0 Å². The lowest BCUT2D eigenvalue weighted by molar-refractivity contribution is 0.407. The van der Waals surface area contributed by atoms with E-state index in [1.54, 1.807) is 0 Å². The van der Waals surface area contributed by atoms with Gasteiger partial charge in [-0.25, -0.2) is 9.97 Å². The molecule has 0 amide bonds. The Labute approximate surface area is 110 Å². The molecule has 1 rings (SSSR count). The van der Waals surface area contributed by atoms with E-state index in [0.29, 0.717) is 5.92 Å². The van der Waals surface area contributed by atoms with Gasteiger partial charge in [-0.3, -0.25) is 0 Å². The van der Waals surface area contributed by atoms with Crippen LogP contribution in [0.25, 0.3) is 0 Å². The molecular weight excluding hydrogens is 224 g/mol. The summed E-state index contributed by atoms with van der Waals surface area (Å²) in [6, 6.07) is 2.19. The van der Waals surface area contributed by atoms with Crippen molar-refractivity contribution in [2.45, 2.75) is 53.0 Å². The lowest BCUT2D eigenvalue weighted by Gasteiger charge is -2.21. The second-order valence-electron chi connectivity index (χ2n) is 4.77. The Morgan fingerprint density at radius 1 is 1.22 bits per heavy atom. The zero-order valence-corrected chi connectivity index (χ0v) is 12.0. The molecule has 4 heteroatoms. The quantitative estimate of drug-likeness (QED) is 0.780. The summed E-state index contributed by atoms with van der Waals surface area (Å²) in [5, 5.41) is 3.33. The number of hydrogen-bond acceptors (Lipinski definition) is 4. The summed E-state index contributed by atoms with van der Waals surface area (Å²) in [6.45, 7) is 9.18. The predicted octanol–water partition coefficient (Wildman–Crippen LogP) is 2.52. The SMILES string of the molecule is CCc1cc(NCC(N)C(CC)CC)nc(C)n1. The molecule has 0 saturated carbocycles. The third kappa shape index (κ3) is 4.26. The highest BCUT2D eigenvalue weighted by atomic mass is 15.0. The van der Waals surface area contributed by atoms with Crippen LogP contribution in [-0.2, 0) is 6.42 Å². The maximum atomic E-state index is 6.19. The van der Waals surface area contributed by atoms with Crippen LogP contribution in [0.3, 0.4) is 0 Å². The molecule has 1 heterocycles. The highest BCUT2D eigenvalue weighted by molar-refractivity contribution is 5.36. The molecule has 0 fully saturated rings. The smallest absolute Gasteiger partial charge is 0.129 e. The van der Waals surface area contributed by atoms with Gasteiger partial charge < -0.3 is 11.1 Å². The van der Waals surface area contributed by atoms with Gasteiger partial charge in [-0.15, -0.1) is 0 Å². The van der Waals surface area contributed by atoms with E-state index in [-0.39, 0.29) is 6.04 Å². The van der Waals surface area contributed by atoms with E-state index in [1.165, 1.54) is 0 Å². The van der Waals surface area contributed by atoms with Gasteiger partial charge >= 0.3 is 0 Å². The second kappa shape index (κ2) is 7.31. The number of nitrogens with one attached hydrogen (secondary N) is 1. The van der Waals surface area contributed by atoms with E-state index in [2.05, 4.69) is 36.1 Å². The van der Waals surface area contributed by atoms with Gasteiger partial charge in [0.05, 0.1) is 0 Å². The Hall–Kier alpha value is -1.16. The van der Waals surface area contributed by atoms with Crippen molar-refractivity contribution < 1.29 is 0 Å². The first-order valence-corrected chi connectivity index (χ1v) is 6.94. The molecule has 1 aromatic rings. The molecule has 0 aliphatic carbocycles. The van der Waals surface area contributed by atoms with E-state index in [0.717, 1.165) is 43.1 Å². The first kappa shape index (κ1) is 14.9. The fourth-order valence-corrected chi connectivity index (χ4v) is 2.18. The summed E-state index contributed by atoms with van der Waals surface area (Å²) in [6.07, 6.45) is 3.18. The molecule has 0 aliphatic rings. The predicted molar refractivity (Wildman–Crippen MR) is 76.7 cm³/mol. The third-order valence-electron chi connectivity index (χ3n) is 3.43. The van der Waals surface area contributed by atoms with Gasteiger partial charge in [0.15, 0.2) is 0 Å². The first-order chi connectivity index (χ1) is 8.60. The van der Waals surface area contributed by atoms with Crippen LogP contribution in [-0.4, -0.2) is 22.6 Å². The van der Waals surface area contributed by atoms with Crippen molar-refractivity contribution in [2.75, 3.05) is 11.9 Å². The van der Waals surface area contributed by atoms with Crippen molar-refractivity contribution >= 4 is 5.82 Å². The lowest BCUT2D eigenvalue weighted by Crippen LogP contribution is -2.36. The topological polar surface area (TPSA) is 63.8 Å². The van der Waals surface area contributed by atoms with Crippen LogP contribution in [0, 0.1) is 12.8 Å². The van der Waals surface area contributed by atoms with Crippen molar-refractivity contribution in [2.24, 2.45) is 11.7 Å². The Balaban J connectivity index is 2.60. The van der Waals surface area contributed by atoms with Gasteiger partial charge in [-0.2, -0.15) is 0 Å². The maximum Gasteiger partial charge on any atom is 0.129 e. The van der Waals surface area contributed by atoms with Gasteiger partial charge in [0.1, 0.15) is 11.6 Å². The van der Waals surface area contributed by atoms with Crippen LogP contribution in [0.1, 0.15) is 45.1 Å². The van der Waals surface area contributed by atoms with E-state index in [4.69, 9.17) is 5.73 Å². The molecule has 0 aliphatic heterocycles. The second-order valence-corrected chi connectivity index (χ2v) is 4.77. The van der Waals surface area contributed by atoms with Crippen LogP contribution in [0.15, 0.2) is 6.07 Å². The van der Waals surface area contributed by atoms with Gasteiger partial charge in [-0.05, 0) is 19.3 Å². The van der Waals surface area contributed by atoms with E-state index < -0.39 is 0 Å². The fourth-order valence-electron chi connectivity index (χ4n) is 2.18. The van der Waals surface area contributed by atoms with Crippen molar-refractivity contribution in [1.82, 2.24) is 9.97 Å². The molecule has 102 valence electrons. The molecule has 18 heavy (non-hydrogen) atoms. The zero-order valence-electron chi connectivity index (χ0n) is 12.0. The zero-order chi connectivity index (χ0) is 13.5. The average Bonchev–Trinajstić information content (AvgIpc) is 2.37. The number of aryl methyl sites for hydroxylation is 2. The minimum absolute atomic E-state index is 0.181. The van der Waals surface area contributed by atoms with E-state index in [9.17, 15) is 0 Å². The number of anilines is 1. The van der Waals surface area contributed by atoms with E-state index in [1.807, 2.05) is 13.0 Å². The summed E-state index contributed by atoms with van der Waals surface area (Å²) in [4.78, 5) is 8.75. The Kier molecular flexibility index (Phi) is 6.05. The van der Waals surface area contributed by atoms with Gasteiger partial charge in [0, 0.05) is 24.3 Å². The highest BCUT2D eigenvalue weighted by Crippen LogP contribution is 2.13. The Morgan fingerprint density at radius 2 is 1.89 bits per heavy atom.